The molecular weight excluding hydrogens is 306 g/mol. The second kappa shape index (κ2) is 5.94. The minimum atomic E-state index is -0.0770. The second-order valence-electron chi connectivity index (χ2n) is 6.53. The van der Waals surface area contributed by atoms with Crippen molar-refractivity contribution < 1.29 is 14.3 Å². The Bertz CT molecular complexity index is 785. The first kappa shape index (κ1) is 15.2. The molecule has 0 N–H and O–H groups in total. The van der Waals surface area contributed by atoms with Crippen molar-refractivity contribution in [3.8, 4) is 0 Å². The fourth-order valence-corrected chi connectivity index (χ4v) is 3.68. The van der Waals surface area contributed by atoms with E-state index in [1.54, 1.807) is 4.90 Å². The number of rotatable bonds is 2. The number of benzene rings is 1. The van der Waals surface area contributed by atoms with E-state index in [1.807, 2.05) is 53.0 Å². The molecule has 0 saturated carbocycles. The highest BCUT2D eigenvalue weighted by Crippen LogP contribution is 2.23. The fraction of sp³-hybridized carbons (Fsp3) is 0.444. The van der Waals surface area contributed by atoms with Crippen LogP contribution < -0.4 is 0 Å². The summed E-state index contributed by atoms with van der Waals surface area (Å²) in [6.07, 6.45) is 2.29. The number of para-hydroxylation sites is 1. The highest BCUT2D eigenvalue weighted by molar-refractivity contribution is 5.83. The molecule has 24 heavy (non-hydrogen) atoms. The Hall–Kier alpha value is -2.34. The fourth-order valence-electron chi connectivity index (χ4n) is 3.68. The van der Waals surface area contributed by atoms with Gasteiger partial charge in [-0.2, -0.15) is 0 Å². The molecular formula is C18H21N3O3. The van der Waals surface area contributed by atoms with E-state index < -0.39 is 0 Å². The molecule has 126 valence electrons. The predicted octanol–water partition coefficient (Wildman–Crippen LogP) is 1.10. The summed E-state index contributed by atoms with van der Waals surface area (Å²) in [6.45, 7) is 1.85. The number of carbonyl (C=O) groups is 2. The number of likely N-dealkylation sites (N-methyl/N-ethyl adjacent to an activating group) is 1. The van der Waals surface area contributed by atoms with Crippen LogP contribution in [0.1, 0.15) is 6.42 Å². The third kappa shape index (κ3) is 2.57. The van der Waals surface area contributed by atoms with Crippen LogP contribution in [0.4, 0.5) is 0 Å². The third-order valence-electron chi connectivity index (χ3n) is 5.11. The molecule has 0 radical (unpaired) electrons. The molecule has 0 unspecified atom stereocenters. The Morgan fingerprint density at radius 2 is 2.08 bits per heavy atom. The van der Waals surface area contributed by atoms with E-state index in [2.05, 4.69) is 0 Å². The molecule has 4 rings (SSSR count). The van der Waals surface area contributed by atoms with Gasteiger partial charge in [0.05, 0.1) is 25.2 Å². The summed E-state index contributed by atoms with van der Waals surface area (Å²) in [4.78, 5) is 28.3. The molecule has 6 nitrogen and oxygen atoms in total. The van der Waals surface area contributed by atoms with Crippen LogP contribution in [0.25, 0.3) is 10.9 Å². The van der Waals surface area contributed by atoms with Crippen LogP contribution in [-0.4, -0.2) is 65.1 Å². The lowest BCUT2D eigenvalue weighted by Crippen LogP contribution is -2.43. The van der Waals surface area contributed by atoms with Crippen LogP contribution in [-0.2, 0) is 20.9 Å². The zero-order chi connectivity index (χ0) is 16.7. The van der Waals surface area contributed by atoms with Crippen molar-refractivity contribution >= 4 is 22.7 Å². The maximum atomic E-state index is 12.7. The van der Waals surface area contributed by atoms with Gasteiger partial charge in [-0.1, -0.05) is 18.2 Å². The zero-order valence-electron chi connectivity index (χ0n) is 13.7. The average Bonchev–Trinajstić information content (AvgIpc) is 3.16. The molecule has 2 fully saturated rings. The first-order chi connectivity index (χ1) is 11.6. The van der Waals surface area contributed by atoms with E-state index in [-0.39, 0.29) is 24.0 Å². The van der Waals surface area contributed by atoms with E-state index in [4.69, 9.17) is 4.74 Å². The zero-order valence-corrected chi connectivity index (χ0v) is 13.7. The van der Waals surface area contributed by atoms with Crippen molar-refractivity contribution in [2.75, 3.05) is 26.7 Å². The van der Waals surface area contributed by atoms with Gasteiger partial charge in [0.25, 0.3) is 0 Å². The number of carbonyl (C=O) groups excluding carboxylic acids is 2. The highest BCUT2D eigenvalue weighted by atomic mass is 16.5. The average molecular weight is 327 g/mol. The number of amides is 2. The summed E-state index contributed by atoms with van der Waals surface area (Å²) in [6, 6.07) is 10.0. The molecule has 0 aliphatic carbocycles. The van der Waals surface area contributed by atoms with E-state index in [1.165, 1.54) is 0 Å². The summed E-state index contributed by atoms with van der Waals surface area (Å²) in [5.41, 5.74) is 1.06. The van der Waals surface area contributed by atoms with Crippen molar-refractivity contribution in [2.24, 2.45) is 0 Å². The molecule has 1 aromatic heterocycles. The van der Waals surface area contributed by atoms with Gasteiger partial charge >= 0.3 is 0 Å². The SMILES string of the molecule is CN1C(=O)CCO[C@H]2CN(C(=O)Cn3ccc4ccccc43)C[C@@H]21. The molecule has 3 heterocycles. The summed E-state index contributed by atoms with van der Waals surface area (Å²) >= 11 is 0. The van der Waals surface area contributed by atoms with E-state index in [9.17, 15) is 9.59 Å². The van der Waals surface area contributed by atoms with Crippen molar-refractivity contribution in [2.45, 2.75) is 25.1 Å². The van der Waals surface area contributed by atoms with Crippen molar-refractivity contribution in [3.05, 3.63) is 36.5 Å². The third-order valence-corrected chi connectivity index (χ3v) is 5.11. The summed E-state index contributed by atoms with van der Waals surface area (Å²) in [5.74, 6) is 0.155. The molecule has 2 aliphatic heterocycles. The number of fused-ring (bicyclic) bond motifs is 2. The summed E-state index contributed by atoms with van der Waals surface area (Å²) < 4.78 is 7.76. The van der Waals surface area contributed by atoms with Crippen LogP contribution in [0.2, 0.25) is 0 Å². The summed E-state index contributed by atoms with van der Waals surface area (Å²) in [5, 5.41) is 1.13. The first-order valence-electron chi connectivity index (χ1n) is 8.32. The van der Waals surface area contributed by atoms with Crippen molar-refractivity contribution in [1.82, 2.24) is 14.4 Å². The monoisotopic (exact) mass is 327 g/mol. The van der Waals surface area contributed by atoms with E-state index >= 15 is 0 Å². The van der Waals surface area contributed by atoms with Gasteiger partial charge in [-0.3, -0.25) is 9.59 Å². The van der Waals surface area contributed by atoms with Gasteiger partial charge < -0.3 is 19.1 Å². The summed E-state index contributed by atoms with van der Waals surface area (Å²) in [7, 11) is 1.81. The highest BCUT2D eigenvalue weighted by Gasteiger charge is 2.41. The molecule has 2 saturated heterocycles. The normalized spacial score (nSPS) is 24.3. The Labute approximate surface area is 140 Å². The minimum Gasteiger partial charge on any atom is -0.374 e. The topological polar surface area (TPSA) is 54.8 Å². The Balaban J connectivity index is 1.49. The van der Waals surface area contributed by atoms with Gasteiger partial charge in [-0.05, 0) is 17.5 Å². The molecule has 6 heteroatoms. The number of hydrogen-bond acceptors (Lipinski definition) is 3. The standard InChI is InChI=1S/C18H21N3O3/c1-19-15-10-21(11-16(15)24-9-7-17(19)22)18(23)12-20-8-6-13-4-2-3-5-14(13)20/h2-6,8,15-16H,7,9-12H2,1H3/t15-,16-/m0/s1. The first-order valence-corrected chi connectivity index (χ1v) is 8.32. The maximum Gasteiger partial charge on any atom is 0.242 e. The minimum absolute atomic E-state index is 0.0367. The molecule has 2 aromatic rings. The van der Waals surface area contributed by atoms with Gasteiger partial charge in [-0.15, -0.1) is 0 Å². The lowest BCUT2D eigenvalue weighted by molar-refractivity contribution is -0.134. The van der Waals surface area contributed by atoms with Crippen LogP contribution in [0.15, 0.2) is 36.5 Å². The predicted molar refractivity (Wildman–Crippen MR) is 89.4 cm³/mol. The molecule has 0 bridgehead atoms. The molecule has 2 aliphatic rings. The number of hydrogen-bond donors (Lipinski definition) is 0. The van der Waals surface area contributed by atoms with Gasteiger partial charge in [0.15, 0.2) is 0 Å². The molecule has 0 spiro atoms. The number of likely N-dealkylation sites (tertiary alicyclic amines) is 1. The Kier molecular flexibility index (Phi) is 3.76. The van der Waals surface area contributed by atoms with E-state index in [0.717, 1.165) is 10.9 Å². The van der Waals surface area contributed by atoms with Crippen molar-refractivity contribution in [3.63, 3.8) is 0 Å². The quantitative estimate of drug-likeness (QED) is 0.830. The van der Waals surface area contributed by atoms with Gasteiger partial charge in [0, 0.05) is 31.9 Å². The smallest absolute Gasteiger partial charge is 0.242 e. The van der Waals surface area contributed by atoms with Crippen LogP contribution in [0.3, 0.4) is 0 Å². The lowest BCUT2D eigenvalue weighted by Gasteiger charge is -2.25. The molecule has 2 atom stereocenters. The van der Waals surface area contributed by atoms with Crippen LogP contribution in [0, 0.1) is 0 Å². The maximum absolute atomic E-state index is 12.7. The van der Waals surface area contributed by atoms with Crippen molar-refractivity contribution in [1.29, 1.82) is 0 Å². The number of ether oxygens (including phenoxy) is 1. The molecule has 2 amide bonds. The number of nitrogens with zero attached hydrogens (tertiary/aromatic N) is 3. The van der Waals surface area contributed by atoms with E-state index in [0.29, 0.717) is 32.7 Å². The van der Waals surface area contributed by atoms with Gasteiger partial charge in [0.2, 0.25) is 11.8 Å². The Morgan fingerprint density at radius 3 is 2.96 bits per heavy atom. The largest absolute Gasteiger partial charge is 0.374 e. The van der Waals surface area contributed by atoms with Gasteiger partial charge in [0.1, 0.15) is 6.54 Å². The number of aromatic nitrogens is 1. The van der Waals surface area contributed by atoms with Crippen LogP contribution in [0.5, 0.6) is 0 Å². The Morgan fingerprint density at radius 1 is 1.25 bits per heavy atom. The lowest BCUT2D eigenvalue weighted by atomic mass is 10.2. The van der Waals surface area contributed by atoms with Gasteiger partial charge in [-0.25, -0.2) is 0 Å². The second-order valence-corrected chi connectivity index (χ2v) is 6.53. The van der Waals surface area contributed by atoms with Crippen LogP contribution >= 0.6 is 0 Å². The molecule has 1 aromatic carbocycles.